The summed E-state index contributed by atoms with van der Waals surface area (Å²) in [5.41, 5.74) is 1.97. The second-order valence-electron chi connectivity index (χ2n) is 4.43. The molecule has 100 valence electrons. The fourth-order valence-corrected chi connectivity index (χ4v) is 1.92. The van der Waals surface area contributed by atoms with E-state index in [1.54, 1.807) is 6.07 Å². The van der Waals surface area contributed by atoms with Gasteiger partial charge in [0.25, 0.3) is 0 Å². The van der Waals surface area contributed by atoms with Gasteiger partial charge in [-0.1, -0.05) is 30.3 Å². The van der Waals surface area contributed by atoms with E-state index >= 15 is 0 Å². The van der Waals surface area contributed by atoms with Crippen LogP contribution in [0, 0.1) is 24.1 Å². The lowest BCUT2D eigenvalue weighted by atomic mass is 10.1. The van der Waals surface area contributed by atoms with Crippen molar-refractivity contribution in [2.24, 2.45) is 0 Å². The van der Waals surface area contributed by atoms with Crippen LogP contribution in [0.5, 0.6) is 0 Å². The number of nitrogens with zero attached hydrogens (tertiary/aromatic N) is 1. The Morgan fingerprint density at radius 1 is 1.25 bits per heavy atom. The van der Waals surface area contributed by atoms with Crippen molar-refractivity contribution < 1.29 is 9.18 Å². The van der Waals surface area contributed by atoms with Gasteiger partial charge in [-0.3, -0.25) is 4.79 Å². The molecule has 0 atom stereocenters. The Hall–Kier alpha value is -2.67. The predicted molar refractivity (Wildman–Crippen MR) is 74.6 cm³/mol. The third-order valence-electron chi connectivity index (χ3n) is 3.01. The van der Waals surface area contributed by atoms with Crippen molar-refractivity contribution in [2.75, 3.05) is 5.32 Å². The number of rotatable bonds is 3. The van der Waals surface area contributed by atoms with Gasteiger partial charge in [-0.15, -0.1) is 0 Å². The summed E-state index contributed by atoms with van der Waals surface area (Å²) in [7, 11) is 0. The van der Waals surface area contributed by atoms with E-state index in [9.17, 15) is 9.18 Å². The number of nitrogens with one attached hydrogen (secondary N) is 1. The van der Waals surface area contributed by atoms with Crippen LogP contribution in [-0.4, -0.2) is 5.91 Å². The monoisotopic (exact) mass is 268 g/mol. The van der Waals surface area contributed by atoms with Crippen molar-refractivity contribution in [1.82, 2.24) is 0 Å². The Morgan fingerprint density at radius 3 is 2.70 bits per heavy atom. The molecular weight excluding hydrogens is 255 g/mol. The highest BCUT2D eigenvalue weighted by molar-refractivity contribution is 5.93. The fourth-order valence-electron chi connectivity index (χ4n) is 1.92. The molecule has 20 heavy (non-hydrogen) atoms. The Balaban J connectivity index is 2.16. The lowest BCUT2D eigenvalue weighted by Crippen LogP contribution is -2.16. The highest BCUT2D eigenvalue weighted by atomic mass is 19.1. The van der Waals surface area contributed by atoms with Crippen LogP contribution in [0.1, 0.15) is 16.7 Å². The summed E-state index contributed by atoms with van der Waals surface area (Å²) in [6.07, 6.45) is 0.189. The van der Waals surface area contributed by atoms with Gasteiger partial charge in [0.1, 0.15) is 17.4 Å². The number of halogens is 1. The first kappa shape index (κ1) is 13.8. The zero-order chi connectivity index (χ0) is 14.5. The molecule has 0 radical (unpaired) electrons. The third-order valence-corrected chi connectivity index (χ3v) is 3.01. The normalized spacial score (nSPS) is 9.85. The molecule has 0 fully saturated rings. The second kappa shape index (κ2) is 5.98. The smallest absolute Gasteiger partial charge is 0.228 e. The molecule has 0 aliphatic heterocycles. The average molecular weight is 268 g/mol. The SMILES string of the molecule is Cc1ccccc1CC(=O)Nc1cccc(F)c1C#N. The van der Waals surface area contributed by atoms with Crippen molar-refractivity contribution >= 4 is 11.6 Å². The molecule has 4 heteroatoms. The van der Waals surface area contributed by atoms with Crippen molar-refractivity contribution in [1.29, 1.82) is 5.26 Å². The van der Waals surface area contributed by atoms with E-state index in [4.69, 9.17) is 5.26 Å². The number of carbonyl (C=O) groups excluding carboxylic acids is 1. The number of hydrogen-bond donors (Lipinski definition) is 1. The Labute approximate surface area is 116 Å². The highest BCUT2D eigenvalue weighted by Gasteiger charge is 2.11. The van der Waals surface area contributed by atoms with Crippen LogP contribution >= 0.6 is 0 Å². The van der Waals surface area contributed by atoms with Gasteiger partial charge in [0.05, 0.1) is 12.1 Å². The van der Waals surface area contributed by atoms with Gasteiger partial charge in [0.2, 0.25) is 5.91 Å². The van der Waals surface area contributed by atoms with Crippen LogP contribution in [0.2, 0.25) is 0 Å². The molecule has 2 aromatic rings. The molecule has 0 aliphatic carbocycles. The highest BCUT2D eigenvalue weighted by Crippen LogP contribution is 2.18. The Bertz CT molecular complexity index is 689. The van der Waals surface area contributed by atoms with Crippen LogP contribution < -0.4 is 5.32 Å². The van der Waals surface area contributed by atoms with E-state index in [-0.39, 0.29) is 23.6 Å². The minimum atomic E-state index is -0.638. The summed E-state index contributed by atoms with van der Waals surface area (Å²) < 4.78 is 13.4. The lowest BCUT2D eigenvalue weighted by Gasteiger charge is -2.09. The summed E-state index contributed by atoms with van der Waals surface area (Å²) in [6.45, 7) is 1.92. The zero-order valence-corrected chi connectivity index (χ0v) is 11.0. The number of benzene rings is 2. The molecule has 3 nitrogen and oxygen atoms in total. The minimum absolute atomic E-state index is 0.148. The second-order valence-corrected chi connectivity index (χ2v) is 4.43. The van der Waals surface area contributed by atoms with Gasteiger partial charge in [0, 0.05) is 0 Å². The van der Waals surface area contributed by atoms with E-state index in [0.717, 1.165) is 11.1 Å². The first-order valence-electron chi connectivity index (χ1n) is 6.15. The zero-order valence-electron chi connectivity index (χ0n) is 11.0. The van der Waals surface area contributed by atoms with E-state index in [0.29, 0.717) is 0 Å². The molecule has 0 aliphatic rings. The molecule has 2 aromatic carbocycles. The van der Waals surface area contributed by atoms with E-state index in [1.807, 2.05) is 31.2 Å². The van der Waals surface area contributed by atoms with Crippen molar-refractivity contribution in [3.05, 3.63) is 65.0 Å². The van der Waals surface area contributed by atoms with Crippen molar-refractivity contribution in [2.45, 2.75) is 13.3 Å². The summed E-state index contributed by atoms with van der Waals surface area (Å²) in [5.74, 6) is -0.914. The van der Waals surface area contributed by atoms with Gasteiger partial charge in [-0.05, 0) is 30.2 Å². The molecule has 0 unspecified atom stereocenters. The maximum Gasteiger partial charge on any atom is 0.228 e. The Morgan fingerprint density at radius 2 is 2.00 bits per heavy atom. The summed E-state index contributed by atoms with van der Waals surface area (Å²) in [4.78, 5) is 12.0. The molecular formula is C16H13FN2O. The van der Waals surface area contributed by atoms with Crippen LogP contribution in [0.3, 0.4) is 0 Å². The average Bonchev–Trinajstić information content (AvgIpc) is 2.42. The lowest BCUT2D eigenvalue weighted by molar-refractivity contribution is -0.115. The summed E-state index contributed by atoms with van der Waals surface area (Å²) >= 11 is 0. The molecule has 0 saturated heterocycles. The number of hydrogen-bond acceptors (Lipinski definition) is 2. The Kier molecular flexibility index (Phi) is 4.11. The molecule has 0 aromatic heterocycles. The van der Waals surface area contributed by atoms with Crippen molar-refractivity contribution in [3.8, 4) is 6.07 Å². The van der Waals surface area contributed by atoms with E-state index in [2.05, 4.69) is 5.32 Å². The van der Waals surface area contributed by atoms with Crippen LogP contribution in [0.25, 0.3) is 0 Å². The molecule has 0 saturated carbocycles. The predicted octanol–water partition coefficient (Wildman–Crippen LogP) is 3.19. The molecule has 0 heterocycles. The number of amides is 1. The summed E-state index contributed by atoms with van der Waals surface area (Å²) in [5, 5.41) is 11.5. The first-order valence-corrected chi connectivity index (χ1v) is 6.15. The fraction of sp³-hybridized carbons (Fsp3) is 0.125. The van der Waals surface area contributed by atoms with Gasteiger partial charge in [-0.25, -0.2) is 4.39 Å². The number of carbonyl (C=O) groups is 1. The van der Waals surface area contributed by atoms with Gasteiger partial charge in [0.15, 0.2) is 0 Å². The van der Waals surface area contributed by atoms with Crippen LogP contribution in [0.15, 0.2) is 42.5 Å². The van der Waals surface area contributed by atoms with Gasteiger partial charge < -0.3 is 5.32 Å². The number of aryl methyl sites for hydroxylation is 1. The topological polar surface area (TPSA) is 52.9 Å². The number of nitriles is 1. The maximum atomic E-state index is 13.4. The largest absolute Gasteiger partial charge is 0.325 e. The first-order chi connectivity index (χ1) is 9.61. The van der Waals surface area contributed by atoms with Crippen LogP contribution in [-0.2, 0) is 11.2 Å². The molecule has 2 rings (SSSR count). The molecule has 1 amide bonds. The molecule has 0 bridgehead atoms. The molecule has 1 N–H and O–H groups in total. The van der Waals surface area contributed by atoms with Gasteiger partial charge in [-0.2, -0.15) is 5.26 Å². The standard InChI is InChI=1S/C16H13FN2O/c1-11-5-2-3-6-12(11)9-16(20)19-15-8-4-7-14(17)13(15)10-18/h2-8H,9H2,1H3,(H,19,20). The quantitative estimate of drug-likeness (QED) is 0.929. The summed E-state index contributed by atoms with van der Waals surface area (Å²) in [6, 6.07) is 13.5. The maximum absolute atomic E-state index is 13.4. The van der Waals surface area contributed by atoms with E-state index in [1.165, 1.54) is 18.2 Å². The van der Waals surface area contributed by atoms with Gasteiger partial charge >= 0.3 is 0 Å². The molecule has 0 spiro atoms. The van der Waals surface area contributed by atoms with Crippen LogP contribution in [0.4, 0.5) is 10.1 Å². The number of anilines is 1. The van der Waals surface area contributed by atoms with E-state index < -0.39 is 5.82 Å². The minimum Gasteiger partial charge on any atom is -0.325 e. The van der Waals surface area contributed by atoms with Crippen molar-refractivity contribution in [3.63, 3.8) is 0 Å². The third kappa shape index (κ3) is 3.01.